The minimum Gasteiger partial charge on any atom is -0.380 e. The monoisotopic (exact) mass is 242 g/mol. The highest BCUT2D eigenvalue weighted by atomic mass is 16.5. The van der Waals surface area contributed by atoms with Crippen LogP contribution >= 0.6 is 0 Å². The van der Waals surface area contributed by atoms with Gasteiger partial charge in [-0.1, -0.05) is 20.3 Å². The van der Waals surface area contributed by atoms with E-state index in [1.807, 2.05) is 6.92 Å². The standard InChI is InChI=1S/C12H22N2O3/c1-3-5-7-17-8-6-14-10(4-2)12(16)13-9-11(14)15/h10H,3-9H2,1-2H3,(H,13,16). The topological polar surface area (TPSA) is 58.6 Å². The summed E-state index contributed by atoms with van der Waals surface area (Å²) in [4.78, 5) is 24.9. The maximum atomic E-state index is 11.7. The molecule has 5 heteroatoms. The summed E-state index contributed by atoms with van der Waals surface area (Å²) in [6.45, 7) is 5.87. The molecule has 1 aliphatic heterocycles. The van der Waals surface area contributed by atoms with Gasteiger partial charge in [0.2, 0.25) is 11.8 Å². The number of carbonyl (C=O) groups is 2. The summed E-state index contributed by atoms with van der Waals surface area (Å²) in [5, 5.41) is 2.60. The molecule has 0 bridgehead atoms. The predicted octanol–water partition coefficient (Wildman–Crippen LogP) is 0.540. The van der Waals surface area contributed by atoms with Gasteiger partial charge in [-0.3, -0.25) is 9.59 Å². The highest BCUT2D eigenvalue weighted by Crippen LogP contribution is 2.09. The molecule has 1 unspecified atom stereocenters. The first-order chi connectivity index (χ1) is 8.20. The second kappa shape index (κ2) is 7.27. The van der Waals surface area contributed by atoms with Crippen molar-refractivity contribution in [2.24, 2.45) is 0 Å². The average Bonchev–Trinajstić information content (AvgIpc) is 2.33. The Balaban J connectivity index is 2.37. The Hall–Kier alpha value is -1.10. The second-order valence-electron chi connectivity index (χ2n) is 4.19. The van der Waals surface area contributed by atoms with Crippen molar-refractivity contribution in [3.63, 3.8) is 0 Å². The number of carbonyl (C=O) groups excluding carboxylic acids is 2. The van der Waals surface area contributed by atoms with Crippen molar-refractivity contribution < 1.29 is 14.3 Å². The van der Waals surface area contributed by atoms with Gasteiger partial charge in [0.1, 0.15) is 6.04 Å². The van der Waals surface area contributed by atoms with E-state index in [0.29, 0.717) is 19.6 Å². The van der Waals surface area contributed by atoms with Crippen LogP contribution in [-0.4, -0.2) is 49.1 Å². The van der Waals surface area contributed by atoms with Gasteiger partial charge in [0.25, 0.3) is 0 Å². The Morgan fingerprint density at radius 2 is 2.12 bits per heavy atom. The number of unbranched alkanes of at least 4 members (excludes halogenated alkanes) is 1. The fraction of sp³-hybridized carbons (Fsp3) is 0.833. The van der Waals surface area contributed by atoms with Crippen LogP contribution in [0.4, 0.5) is 0 Å². The highest BCUT2D eigenvalue weighted by Gasteiger charge is 2.32. The minimum atomic E-state index is -0.328. The Morgan fingerprint density at radius 1 is 1.35 bits per heavy atom. The Morgan fingerprint density at radius 3 is 2.76 bits per heavy atom. The fourth-order valence-corrected chi connectivity index (χ4v) is 1.90. The van der Waals surface area contributed by atoms with Crippen molar-refractivity contribution in [2.75, 3.05) is 26.3 Å². The third-order valence-corrected chi connectivity index (χ3v) is 2.92. The van der Waals surface area contributed by atoms with Gasteiger partial charge in [0, 0.05) is 13.2 Å². The van der Waals surface area contributed by atoms with Crippen LogP contribution in [0.25, 0.3) is 0 Å². The van der Waals surface area contributed by atoms with Crippen molar-refractivity contribution >= 4 is 11.8 Å². The summed E-state index contributed by atoms with van der Waals surface area (Å²) in [6.07, 6.45) is 2.78. The zero-order chi connectivity index (χ0) is 12.7. The molecule has 1 fully saturated rings. The molecule has 17 heavy (non-hydrogen) atoms. The van der Waals surface area contributed by atoms with Gasteiger partial charge in [-0.15, -0.1) is 0 Å². The fourth-order valence-electron chi connectivity index (χ4n) is 1.90. The van der Waals surface area contributed by atoms with Crippen molar-refractivity contribution in [3.8, 4) is 0 Å². The van der Waals surface area contributed by atoms with E-state index < -0.39 is 0 Å². The number of hydrogen-bond acceptors (Lipinski definition) is 3. The van der Waals surface area contributed by atoms with E-state index in [9.17, 15) is 9.59 Å². The van der Waals surface area contributed by atoms with Crippen LogP contribution in [0.5, 0.6) is 0 Å². The number of ether oxygens (including phenoxy) is 1. The normalized spacial score (nSPS) is 20.6. The summed E-state index contributed by atoms with van der Waals surface area (Å²) in [7, 11) is 0. The number of rotatable bonds is 7. The summed E-state index contributed by atoms with van der Waals surface area (Å²) >= 11 is 0. The van der Waals surface area contributed by atoms with Crippen molar-refractivity contribution in [2.45, 2.75) is 39.2 Å². The van der Waals surface area contributed by atoms with E-state index in [-0.39, 0.29) is 24.4 Å². The van der Waals surface area contributed by atoms with E-state index in [4.69, 9.17) is 4.74 Å². The van der Waals surface area contributed by atoms with Crippen LogP contribution in [-0.2, 0) is 14.3 Å². The van der Waals surface area contributed by atoms with E-state index in [1.54, 1.807) is 4.90 Å². The van der Waals surface area contributed by atoms with Crippen molar-refractivity contribution in [1.82, 2.24) is 10.2 Å². The van der Waals surface area contributed by atoms with Gasteiger partial charge in [0.05, 0.1) is 13.2 Å². The number of nitrogens with one attached hydrogen (secondary N) is 1. The molecular formula is C12H22N2O3. The maximum Gasteiger partial charge on any atom is 0.243 e. The second-order valence-corrected chi connectivity index (χ2v) is 4.19. The lowest BCUT2D eigenvalue weighted by molar-refractivity contribution is -0.146. The molecule has 1 heterocycles. The van der Waals surface area contributed by atoms with Gasteiger partial charge in [-0.05, 0) is 12.8 Å². The zero-order valence-corrected chi connectivity index (χ0v) is 10.7. The molecule has 1 aliphatic rings. The summed E-state index contributed by atoms with van der Waals surface area (Å²) in [5.41, 5.74) is 0. The zero-order valence-electron chi connectivity index (χ0n) is 10.7. The molecule has 0 aliphatic carbocycles. The van der Waals surface area contributed by atoms with E-state index in [0.717, 1.165) is 19.4 Å². The molecule has 0 aromatic carbocycles. The van der Waals surface area contributed by atoms with Crippen LogP contribution in [0, 0.1) is 0 Å². The van der Waals surface area contributed by atoms with Crippen LogP contribution in [0.15, 0.2) is 0 Å². The average molecular weight is 242 g/mol. The third-order valence-electron chi connectivity index (χ3n) is 2.92. The van der Waals surface area contributed by atoms with Gasteiger partial charge in [0.15, 0.2) is 0 Å². The van der Waals surface area contributed by atoms with E-state index in [2.05, 4.69) is 12.2 Å². The molecule has 2 amide bonds. The number of amides is 2. The third kappa shape index (κ3) is 4.00. The molecule has 0 spiro atoms. The van der Waals surface area contributed by atoms with Crippen LogP contribution < -0.4 is 5.32 Å². The molecule has 1 rings (SSSR count). The largest absolute Gasteiger partial charge is 0.380 e. The smallest absolute Gasteiger partial charge is 0.243 e. The predicted molar refractivity (Wildman–Crippen MR) is 64.5 cm³/mol. The van der Waals surface area contributed by atoms with Crippen LogP contribution in [0.1, 0.15) is 33.1 Å². The quantitative estimate of drug-likeness (QED) is 0.663. The minimum absolute atomic E-state index is 0.0180. The first-order valence-corrected chi connectivity index (χ1v) is 6.35. The summed E-state index contributed by atoms with van der Waals surface area (Å²) < 4.78 is 5.43. The van der Waals surface area contributed by atoms with E-state index in [1.165, 1.54) is 0 Å². The van der Waals surface area contributed by atoms with E-state index >= 15 is 0 Å². The molecule has 0 saturated carbocycles. The number of piperazine rings is 1. The molecular weight excluding hydrogens is 220 g/mol. The summed E-state index contributed by atoms with van der Waals surface area (Å²) in [6, 6.07) is -0.328. The maximum absolute atomic E-state index is 11.7. The molecule has 0 aromatic rings. The van der Waals surface area contributed by atoms with Gasteiger partial charge in [-0.25, -0.2) is 0 Å². The molecule has 0 aromatic heterocycles. The Kier molecular flexibility index (Phi) is 5.97. The van der Waals surface area contributed by atoms with Gasteiger partial charge in [-0.2, -0.15) is 0 Å². The first kappa shape index (κ1) is 14.0. The lowest BCUT2D eigenvalue weighted by atomic mass is 10.1. The summed E-state index contributed by atoms with van der Waals surface area (Å²) in [5.74, 6) is -0.0730. The molecule has 98 valence electrons. The van der Waals surface area contributed by atoms with Crippen molar-refractivity contribution in [3.05, 3.63) is 0 Å². The molecule has 5 nitrogen and oxygen atoms in total. The number of nitrogens with zero attached hydrogens (tertiary/aromatic N) is 1. The Labute approximate surface area is 102 Å². The lowest BCUT2D eigenvalue weighted by Crippen LogP contribution is -2.58. The molecule has 1 atom stereocenters. The van der Waals surface area contributed by atoms with Crippen LogP contribution in [0.3, 0.4) is 0 Å². The van der Waals surface area contributed by atoms with Crippen molar-refractivity contribution in [1.29, 1.82) is 0 Å². The molecule has 1 saturated heterocycles. The Bertz CT molecular complexity index is 268. The molecule has 1 N–H and O–H groups in total. The van der Waals surface area contributed by atoms with Gasteiger partial charge >= 0.3 is 0 Å². The van der Waals surface area contributed by atoms with Gasteiger partial charge < -0.3 is 15.0 Å². The SMILES string of the molecule is CCCCOCCN1C(=O)CNC(=O)C1CC. The first-order valence-electron chi connectivity index (χ1n) is 6.35. The lowest BCUT2D eigenvalue weighted by Gasteiger charge is -2.34. The highest BCUT2D eigenvalue weighted by molar-refractivity contribution is 5.94. The molecule has 0 radical (unpaired) electrons. The number of hydrogen-bond donors (Lipinski definition) is 1. The van der Waals surface area contributed by atoms with Crippen LogP contribution in [0.2, 0.25) is 0 Å².